The fourth-order valence-corrected chi connectivity index (χ4v) is 3.28. The predicted octanol–water partition coefficient (Wildman–Crippen LogP) is 0.978. The van der Waals surface area contributed by atoms with Gasteiger partial charge in [0.05, 0.1) is 0 Å². The summed E-state index contributed by atoms with van der Waals surface area (Å²) in [6.45, 7) is 0.440. The molecule has 1 aliphatic carbocycles. The number of hydrogen-bond acceptors (Lipinski definition) is 2. The summed E-state index contributed by atoms with van der Waals surface area (Å²) in [6.07, 6.45) is 1.36. The van der Waals surface area contributed by atoms with Crippen LogP contribution in [-0.2, 0) is 0 Å². The molecule has 9 heavy (non-hydrogen) atoms. The molecule has 2 rings (SSSR count). The van der Waals surface area contributed by atoms with Gasteiger partial charge in [0, 0.05) is 6.61 Å². The summed E-state index contributed by atoms with van der Waals surface area (Å²) in [4.78, 5) is 0. The summed E-state index contributed by atoms with van der Waals surface area (Å²) in [6, 6.07) is 0. The summed E-state index contributed by atoms with van der Waals surface area (Å²) >= 11 is 2.05. The van der Waals surface area contributed by atoms with Gasteiger partial charge in [-0.05, 0) is 35.7 Å². The highest BCUT2D eigenvalue weighted by molar-refractivity contribution is 7.99. The highest BCUT2D eigenvalue weighted by Crippen LogP contribution is 2.53. The zero-order valence-corrected chi connectivity index (χ0v) is 6.23. The van der Waals surface area contributed by atoms with E-state index in [9.17, 15) is 0 Å². The Morgan fingerprint density at radius 3 is 2.89 bits per heavy atom. The van der Waals surface area contributed by atoms with Crippen molar-refractivity contribution in [3.63, 3.8) is 0 Å². The van der Waals surface area contributed by atoms with Crippen molar-refractivity contribution < 1.29 is 5.11 Å². The zero-order chi connectivity index (χ0) is 6.27. The molecule has 1 aliphatic heterocycles. The maximum Gasteiger partial charge on any atom is 0.0465 e. The highest BCUT2D eigenvalue weighted by Gasteiger charge is 2.50. The Balaban J connectivity index is 1.91. The number of hydrogen-bond donors (Lipinski definition) is 1. The van der Waals surface area contributed by atoms with Crippen molar-refractivity contribution in [3.8, 4) is 0 Å². The molecule has 1 N–H and O–H groups in total. The van der Waals surface area contributed by atoms with Crippen molar-refractivity contribution >= 4 is 11.8 Å². The Labute approximate surface area is 59.8 Å². The lowest BCUT2D eigenvalue weighted by atomic mass is 10.2. The molecular formula is C7H12OS. The summed E-state index contributed by atoms with van der Waals surface area (Å²) in [5.41, 5.74) is 0. The normalized spacial score (nSPS) is 48.3. The van der Waals surface area contributed by atoms with Crippen LogP contribution in [0.2, 0.25) is 0 Å². The van der Waals surface area contributed by atoms with Gasteiger partial charge in [-0.1, -0.05) is 0 Å². The molecule has 0 aromatic carbocycles. The van der Waals surface area contributed by atoms with Crippen LogP contribution in [0.25, 0.3) is 0 Å². The number of aliphatic hydroxyl groups is 1. The minimum atomic E-state index is 0.440. The van der Waals surface area contributed by atoms with Gasteiger partial charge in [0.25, 0.3) is 0 Å². The van der Waals surface area contributed by atoms with E-state index in [0.29, 0.717) is 12.5 Å². The lowest BCUT2D eigenvalue weighted by Gasteiger charge is -2.04. The Bertz CT molecular complexity index is 96.7. The van der Waals surface area contributed by atoms with Crippen LogP contribution in [0.3, 0.4) is 0 Å². The SMILES string of the molecule is OCC1C2CCSCC12. The van der Waals surface area contributed by atoms with Crippen LogP contribution < -0.4 is 0 Å². The minimum Gasteiger partial charge on any atom is -0.396 e. The smallest absolute Gasteiger partial charge is 0.0465 e. The van der Waals surface area contributed by atoms with Crippen molar-refractivity contribution in [2.75, 3.05) is 18.1 Å². The lowest BCUT2D eigenvalue weighted by Crippen LogP contribution is -1.96. The Morgan fingerprint density at radius 1 is 1.44 bits per heavy atom. The van der Waals surface area contributed by atoms with Gasteiger partial charge in [-0.25, -0.2) is 0 Å². The zero-order valence-electron chi connectivity index (χ0n) is 5.42. The monoisotopic (exact) mass is 144 g/mol. The molecule has 2 fully saturated rings. The molecule has 0 aromatic heterocycles. The molecule has 1 nitrogen and oxygen atoms in total. The predicted molar refractivity (Wildman–Crippen MR) is 39.5 cm³/mol. The molecule has 1 saturated carbocycles. The van der Waals surface area contributed by atoms with Gasteiger partial charge >= 0.3 is 0 Å². The molecule has 52 valence electrons. The van der Waals surface area contributed by atoms with Gasteiger partial charge in [-0.15, -0.1) is 0 Å². The molecule has 0 aromatic rings. The Hall–Kier alpha value is 0.310. The van der Waals surface area contributed by atoms with Crippen molar-refractivity contribution in [2.45, 2.75) is 6.42 Å². The minimum absolute atomic E-state index is 0.440. The summed E-state index contributed by atoms with van der Waals surface area (Å²) in [5, 5.41) is 8.83. The molecule has 1 saturated heterocycles. The average molecular weight is 144 g/mol. The molecule has 0 spiro atoms. The van der Waals surface area contributed by atoms with Crippen LogP contribution in [-0.4, -0.2) is 23.2 Å². The second-order valence-electron chi connectivity index (χ2n) is 3.04. The topological polar surface area (TPSA) is 20.2 Å². The van der Waals surface area contributed by atoms with Gasteiger partial charge in [-0.2, -0.15) is 11.8 Å². The first-order valence-corrected chi connectivity index (χ1v) is 4.77. The van der Waals surface area contributed by atoms with Crippen LogP contribution in [0.1, 0.15) is 6.42 Å². The van der Waals surface area contributed by atoms with Crippen LogP contribution in [0.5, 0.6) is 0 Å². The molecule has 2 heteroatoms. The van der Waals surface area contributed by atoms with E-state index >= 15 is 0 Å². The van der Waals surface area contributed by atoms with Gasteiger partial charge in [0.2, 0.25) is 0 Å². The van der Waals surface area contributed by atoms with E-state index in [4.69, 9.17) is 5.11 Å². The largest absolute Gasteiger partial charge is 0.396 e. The van der Waals surface area contributed by atoms with Crippen molar-refractivity contribution in [3.05, 3.63) is 0 Å². The molecule has 0 bridgehead atoms. The van der Waals surface area contributed by atoms with E-state index in [1.165, 1.54) is 17.9 Å². The van der Waals surface area contributed by atoms with Crippen molar-refractivity contribution in [1.82, 2.24) is 0 Å². The van der Waals surface area contributed by atoms with E-state index in [0.717, 1.165) is 11.8 Å². The first-order chi connectivity index (χ1) is 4.43. The first-order valence-electron chi connectivity index (χ1n) is 3.62. The molecule has 1 heterocycles. The van der Waals surface area contributed by atoms with Gasteiger partial charge in [0.15, 0.2) is 0 Å². The van der Waals surface area contributed by atoms with E-state index in [2.05, 4.69) is 11.8 Å². The second-order valence-corrected chi connectivity index (χ2v) is 4.19. The second kappa shape index (κ2) is 2.17. The molecule has 0 amide bonds. The van der Waals surface area contributed by atoms with E-state index in [1.807, 2.05) is 0 Å². The molecule has 3 unspecified atom stereocenters. The maximum atomic E-state index is 8.83. The van der Waals surface area contributed by atoms with Crippen molar-refractivity contribution in [2.24, 2.45) is 17.8 Å². The van der Waals surface area contributed by atoms with Crippen LogP contribution in [0.15, 0.2) is 0 Å². The average Bonchev–Trinajstić information content (AvgIpc) is 2.60. The van der Waals surface area contributed by atoms with E-state index in [-0.39, 0.29) is 0 Å². The van der Waals surface area contributed by atoms with Gasteiger partial charge in [-0.3, -0.25) is 0 Å². The summed E-state index contributed by atoms with van der Waals surface area (Å²) < 4.78 is 0. The van der Waals surface area contributed by atoms with Crippen LogP contribution in [0.4, 0.5) is 0 Å². The summed E-state index contributed by atoms with van der Waals surface area (Å²) in [5.74, 6) is 5.15. The third-order valence-corrected chi connectivity index (χ3v) is 3.77. The Morgan fingerprint density at radius 2 is 2.33 bits per heavy atom. The quantitative estimate of drug-likeness (QED) is 0.592. The standard InChI is InChI=1S/C7H12OS/c8-3-6-5-1-2-9-4-7(5)6/h5-8H,1-4H2. The number of thioether (sulfide) groups is 1. The van der Waals surface area contributed by atoms with Crippen molar-refractivity contribution in [1.29, 1.82) is 0 Å². The van der Waals surface area contributed by atoms with E-state index < -0.39 is 0 Å². The third-order valence-electron chi connectivity index (χ3n) is 2.63. The molecule has 2 aliphatic rings. The maximum absolute atomic E-state index is 8.83. The van der Waals surface area contributed by atoms with E-state index in [1.54, 1.807) is 0 Å². The third kappa shape index (κ3) is 0.887. The molecular weight excluding hydrogens is 132 g/mol. The lowest BCUT2D eigenvalue weighted by molar-refractivity contribution is 0.265. The van der Waals surface area contributed by atoms with Gasteiger partial charge in [0.1, 0.15) is 0 Å². The summed E-state index contributed by atoms with van der Waals surface area (Å²) in [7, 11) is 0. The van der Waals surface area contributed by atoms with Crippen LogP contribution in [0, 0.1) is 17.8 Å². The Kier molecular flexibility index (Phi) is 1.46. The number of aliphatic hydroxyl groups excluding tert-OH is 1. The number of fused-ring (bicyclic) bond motifs is 1. The fourth-order valence-electron chi connectivity index (χ4n) is 1.91. The van der Waals surface area contributed by atoms with Gasteiger partial charge < -0.3 is 5.11 Å². The number of rotatable bonds is 1. The van der Waals surface area contributed by atoms with Crippen LogP contribution >= 0.6 is 11.8 Å². The fraction of sp³-hybridized carbons (Fsp3) is 1.00. The molecule has 0 radical (unpaired) electrons. The first kappa shape index (κ1) is 6.05. The highest BCUT2D eigenvalue weighted by atomic mass is 32.2. The molecule has 3 atom stereocenters.